The number of halogens is 1. The Morgan fingerprint density at radius 1 is 1.33 bits per heavy atom. The van der Waals surface area contributed by atoms with Crippen LogP contribution in [0, 0.1) is 22.7 Å². The number of benzene rings is 1. The molecule has 0 saturated carbocycles. The van der Waals surface area contributed by atoms with Gasteiger partial charge in [-0.25, -0.2) is 9.78 Å². The number of nitrogens with one attached hydrogen (secondary N) is 3. The van der Waals surface area contributed by atoms with Gasteiger partial charge in [0.1, 0.15) is 18.2 Å². The van der Waals surface area contributed by atoms with Gasteiger partial charge in [-0.2, -0.15) is 20.0 Å². The molecule has 3 heterocycles. The molecule has 1 aromatic carbocycles. The van der Waals surface area contributed by atoms with E-state index in [0.29, 0.717) is 42.4 Å². The third kappa shape index (κ3) is 6.78. The van der Waals surface area contributed by atoms with Crippen molar-refractivity contribution >= 4 is 52.5 Å². The first-order valence-corrected chi connectivity index (χ1v) is 13.6. The highest BCUT2D eigenvalue weighted by atomic mass is 35.5. The van der Waals surface area contributed by atoms with Crippen LogP contribution in [0.2, 0.25) is 5.02 Å². The molecular formula is C26H30ClN11O5. The molecule has 0 unspecified atom stereocenters. The molecule has 0 spiro atoms. The summed E-state index contributed by atoms with van der Waals surface area (Å²) in [6, 6.07) is 5.32. The van der Waals surface area contributed by atoms with E-state index in [1.165, 1.54) is 30.8 Å². The Labute approximate surface area is 251 Å². The summed E-state index contributed by atoms with van der Waals surface area (Å²) in [6.45, 7) is 4.19. The molecule has 0 aliphatic carbocycles. The largest absolute Gasteiger partial charge is 0.457 e. The molecule has 17 heteroatoms. The monoisotopic (exact) mass is 611 g/mol. The van der Waals surface area contributed by atoms with Crippen LogP contribution in [0.15, 0.2) is 18.3 Å². The highest BCUT2D eigenvalue weighted by molar-refractivity contribution is 6.36. The van der Waals surface area contributed by atoms with Crippen LogP contribution < -0.4 is 26.6 Å². The number of carbonyl (C=O) groups excluding carboxylic acids is 2. The lowest BCUT2D eigenvalue weighted by atomic mass is 10.00. The lowest BCUT2D eigenvalue weighted by Gasteiger charge is -2.40. The summed E-state index contributed by atoms with van der Waals surface area (Å²) < 4.78 is 11.7. The number of alkyl carbamates (subject to hydrolysis) is 1. The molecule has 226 valence electrons. The summed E-state index contributed by atoms with van der Waals surface area (Å²) in [5, 5.41) is 42.4. The first-order chi connectivity index (χ1) is 20.6. The molecule has 1 amide bonds. The van der Waals surface area contributed by atoms with E-state index in [1.54, 1.807) is 11.0 Å². The first kappa shape index (κ1) is 31.0. The zero-order valence-corrected chi connectivity index (χ0v) is 24.3. The fourth-order valence-corrected chi connectivity index (χ4v) is 4.74. The Morgan fingerprint density at radius 3 is 2.74 bits per heavy atom. The molecule has 4 atom stereocenters. The molecule has 4 rings (SSSR count). The summed E-state index contributed by atoms with van der Waals surface area (Å²) in [5.41, 5.74) is 7.32. The Balaban J connectivity index is 1.68. The van der Waals surface area contributed by atoms with Gasteiger partial charge >= 0.3 is 12.1 Å². The van der Waals surface area contributed by atoms with Gasteiger partial charge in [-0.1, -0.05) is 11.6 Å². The summed E-state index contributed by atoms with van der Waals surface area (Å²) in [5.74, 6) is -0.381. The van der Waals surface area contributed by atoms with Gasteiger partial charge in [0.25, 0.3) is 0 Å². The summed E-state index contributed by atoms with van der Waals surface area (Å²) in [4.78, 5) is 35.1. The second-order valence-electron chi connectivity index (χ2n) is 9.62. The van der Waals surface area contributed by atoms with E-state index in [1.807, 2.05) is 13.0 Å². The number of fused-ring (bicyclic) bond motifs is 1. The number of amides is 1. The number of aromatic nitrogens is 4. The number of hydrogen-bond donors (Lipinski definition) is 5. The van der Waals surface area contributed by atoms with Crippen LogP contribution in [0.5, 0.6) is 0 Å². The Kier molecular flexibility index (Phi) is 9.66. The van der Waals surface area contributed by atoms with Gasteiger partial charge in [0.2, 0.25) is 5.95 Å². The summed E-state index contributed by atoms with van der Waals surface area (Å²) in [7, 11) is 1.22. The van der Waals surface area contributed by atoms with Crippen molar-refractivity contribution in [3.63, 3.8) is 0 Å². The second-order valence-corrected chi connectivity index (χ2v) is 10.00. The maximum absolute atomic E-state index is 12.6. The third-order valence-corrected chi connectivity index (χ3v) is 7.10. The maximum atomic E-state index is 12.6. The number of imidazole rings is 1. The average Bonchev–Trinajstić information content (AvgIpc) is 3.41. The van der Waals surface area contributed by atoms with Crippen molar-refractivity contribution in [2.24, 2.45) is 5.73 Å². The van der Waals surface area contributed by atoms with Gasteiger partial charge < -0.3 is 41.2 Å². The number of ether oxygens (including phenoxy) is 2. The zero-order valence-electron chi connectivity index (χ0n) is 23.5. The molecule has 1 aliphatic rings. The van der Waals surface area contributed by atoms with Gasteiger partial charge in [0.05, 0.1) is 60.0 Å². The van der Waals surface area contributed by atoms with Crippen LogP contribution in [-0.4, -0.2) is 87.8 Å². The molecule has 1 aliphatic heterocycles. The number of anilines is 4. The highest BCUT2D eigenvalue weighted by Gasteiger charge is 2.36. The molecule has 1 saturated heterocycles. The summed E-state index contributed by atoms with van der Waals surface area (Å²) >= 11 is 6.86. The Hall–Kier alpha value is -4.90. The SMILES string of the molecule is CCNc1nc(Nc2cc(C#N)cc(N3CC[C@@H](NC(=O)OC)[C@H](OC(=O)[C@@H](N)[C@@H](C)O)C3)c2Cl)nn2c(C#N)cnc12. The van der Waals surface area contributed by atoms with Crippen LogP contribution in [0.1, 0.15) is 31.5 Å². The standard InChI is InChI=1S/C26H30ClN11O5/c1-4-31-22-23-32-11-15(10-29)38(23)36-25(35-22)33-17-7-14(9-28)8-18(20(17)27)37-6-5-16(34-26(41)42-3)19(12-37)43-24(40)21(30)13(2)39/h7-8,11,13,16,19,21,39H,4-6,12,30H2,1-3H3,(H,34,41)(H2,31,33,35,36)/t13-,16-,19-,21+/m1/s1. The van der Waals surface area contributed by atoms with Crippen molar-refractivity contribution in [1.82, 2.24) is 24.9 Å². The number of nitriles is 2. The Bertz CT molecular complexity index is 1600. The van der Waals surface area contributed by atoms with E-state index >= 15 is 0 Å². The van der Waals surface area contributed by atoms with Crippen LogP contribution in [0.25, 0.3) is 5.65 Å². The van der Waals surface area contributed by atoms with Crippen LogP contribution in [0.4, 0.5) is 27.9 Å². The van der Waals surface area contributed by atoms with Crippen LogP contribution >= 0.6 is 11.6 Å². The van der Waals surface area contributed by atoms with E-state index in [9.17, 15) is 25.2 Å². The number of nitrogens with two attached hydrogens (primary N) is 1. The topological polar surface area (TPSA) is 229 Å². The zero-order chi connectivity index (χ0) is 31.3. The molecule has 2 aromatic heterocycles. The lowest BCUT2D eigenvalue weighted by Crippen LogP contribution is -2.57. The predicted molar refractivity (Wildman–Crippen MR) is 155 cm³/mol. The van der Waals surface area contributed by atoms with E-state index < -0.39 is 36.4 Å². The van der Waals surface area contributed by atoms with Crippen molar-refractivity contribution in [2.75, 3.05) is 42.3 Å². The molecule has 3 aromatic rings. The molecular weight excluding hydrogens is 582 g/mol. The number of aliphatic hydroxyl groups is 1. The van der Waals surface area contributed by atoms with E-state index in [0.717, 1.165) is 0 Å². The number of piperidine rings is 1. The maximum Gasteiger partial charge on any atom is 0.407 e. The lowest BCUT2D eigenvalue weighted by molar-refractivity contribution is -0.154. The van der Waals surface area contributed by atoms with Crippen molar-refractivity contribution in [3.8, 4) is 12.1 Å². The van der Waals surface area contributed by atoms with Crippen LogP contribution in [-0.2, 0) is 14.3 Å². The minimum Gasteiger partial charge on any atom is -0.457 e. The molecule has 0 bridgehead atoms. The Morgan fingerprint density at radius 2 is 2.09 bits per heavy atom. The van der Waals surface area contributed by atoms with Gasteiger partial charge in [-0.05, 0) is 32.4 Å². The fourth-order valence-electron chi connectivity index (χ4n) is 4.47. The number of methoxy groups -OCH3 is 1. The van der Waals surface area contributed by atoms with Crippen LogP contribution in [0.3, 0.4) is 0 Å². The normalized spacial score (nSPS) is 17.7. The quantitative estimate of drug-likeness (QED) is 0.214. The number of rotatable bonds is 9. The number of esters is 1. The third-order valence-electron chi connectivity index (χ3n) is 6.70. The smallest absolute Gasteiger partial charge is 0.407 e. The second kappa shape index (κ2) is 13.4. The molecule has 0 radical (unpaired) electrons. The van der Waals surface area contributed by atoms with Crippen molar-refractivity contribution in [1.29, 1.82) is 10.5 Å². The van der Waals surface area contributed by atoms with Gasteiger partial charge in [-0.3, -0.25) is 4.79 Å². The van der Waals surface area contributed by atoms with Gasteiger partial charge in [0, 0.05) is 13.1 Å². The molecule has 16 nitrogen and oxygen atoms in total. The van der Waals surface area contributed by atoms with Gasteiger partial charge in [-0.15, -0.1) is 5.10 Å². The molecule has 43 heavy (non-hydrogen) atoms. The van der Waals surface area contributed by atoms with Gasteiger partial charge in [0.15, 0.2) is 17.2 Å². The number of carbonyl (C=O) groups is 2. The van der Waals surface area contributed by atoms with E-state index in [2.05, 4.69) is 37.1 Å². The number of nitrogens with zero attached hydrogens (tertiary/aromatic N) is 7. The molecule has 1 fully saturated rings. The highest BCUT2D eigenvalue weighted by Crippen LogP contribution is 2.37. The summed E-state index contributed by atoms with van der Waals surface area (Å²) in [6.07, 6.45) is -1.07. The fraction of sp³-hybridized carbons (Fsp3) is 0.423. The van der Waals surface area contributed by atoms with Crippen molar-refractivity contribution < 1.29 is 24.2 Å². The predicted octanol–water partition coefficient (Wildman–Crippen LogP) is 1.25. The molecule has 6 N–H and O–H groups in total. The van der Waals surface area contributed by atoms with Crippen molar-refractivity contribution in [3.05, 3.63) is 34.6 Å². The average molecular weight is 612 g/mol. The minimum atomic E-state index is -1.29. The van der Waals surface area contributed by atoms with Crippen molar-refractivity contribution in [2.45, 2.75) is 44.6 Å². The first-order valence-electron chi connectivity index (χ1n) is 13.2. The van der Waals surface area contributed by atoms with E-state index in [-0.39, 0.29) is 28.8 Å². The number of aliphatic hydroxyl groups excluding tert-OH is 1. The minimum absolute atomic E-state index is 0.0641. The van der Waals surface area contributed by atoms with E-state index in [4.69, 9.17) is 26.8 Å². The number of hydrogen-bond acceptors (Lipinski definition) is 14.